The number of carbonyl (C=O) groups excluding carboxylic acids is 2. The average Bonchev–Trinajstić information content (AvgIpc) is 3.52. The van der Waals surface area contributed by atoms with E-state index in [1.165, 1.54) is 0 Å². The van der Waals surface area contributed by atoms with Crippen LogP contribution in [0.3, 0.4) is 0 Å². The van der Waals surface area contributed by atoms with Crippen molar-refractivity contribution in [2.75, 3.05) is 0 Å². The third kappa shape index (κ3) is 10.4. The summed E-state index contributed by atoms with van der Waals surface area (Å²) in [4.78, 5) is 28.8. The summed E-state index contributed by atoms with van der Waals surface area (Å²) in [7, 11) is 0. The van der Waals surface area contributed by atoms with Crippen molar-refractivity contribution in [3.05, 3.63) is 153 Å². The summed E-state index contributed by atoms with van der Waals surface area (Å²) < 4.78 is 29.0. The number of carbonyl (C=O) groups is 2. The van der Waals surface area contributed by atoms with Gasteiger partial charge in [0.2, 0.25) is 0 Å². The summed E-state index contributed by atoms with van der Waals surface area (Å²) in [5.74, 6) is 0.321. The molecule has 5 rings (SSSR count). The summed E-state index contributed by atoms with van der Waals surface area (Å²) in [5.41, 5.74) is 3.63. The van der Waals surface area contributed by atoms with Crippen LogP contribution in [0.25, 0.3) is 5.57 Å². The molecule has 0 spiro atoms. The van der Waals surface area contributed by atoms with Crippen LogP contribution < -0.4 is 4.74 Å². The van der Waals surface area contributed by atoms with Gasteiger partial charge in [0.15, 0.2) is 0 Å². The fourth-order valence-electron chi connectivity index (χ4n) is 6.78. The van der Waals surface area contributed by atoms with Crippen LogP contribution in [0, 0.1) is 0 Å². The molecule has 0 bridgehead atoms. The first kappa shape index (κ1) is 38.9. The molecule has 0 saturated heterocycles. The molecule has 4 aromatic carbocycles. The number of hydrogen-bond donors (Lipinski definition) is 0. The third-order valence-corrected chi connectivity index (χ3v) is 25.1. The molecule has 0 fully saturated rings. The molecule has 0 amide bonds. The monoisotopic (exact) mass is 808 g/mol. The van der Waals surface area contributed by atoms with Gasteiger partial charge in [-0.2, -0.15) is 0 Å². The van der Waals surface area contributed by atoms with Crippen molar-refractivity contribution in [2.24, 2.45) is 0 Å². The molecule has 0 N–H and O–H groups in total. The Balaban J connectivity index is 1.64. The van der Waals surface area contributed by atoms with E-state index < -0.39 is 24.3 Å². The number of unbranched alkanes of at least 4 members (excludes halogenated alkanes) is 3. The molecule has 1 aliphatic rings. The van der Waals surface area contributed by atoms with Crippen LogP contribution >= 0.6 is 0 Å². The van der Waals surface area contributed by atoms with Gasteiger partial charge in [-0.25, -0.2) is 0 Å². The Bertz CT molecular complexity index is 1760. The molecule has 52 heavy (non-hydrogen) atoms. The second kappa shape index (κ2) is 20.1. The van der Waals surface area contributed by atoms with E-state index in [1.807, 2.05) is 115 Å². The van der Waals surface area contributed by atoms with Crippen molar-refractivity contribution in [1.29, 1.82) is 0 Å². The Morgan fingerprint density at radius 3 is 1.54 bits per heavy atom. The summed E-state index contributed by atoms with van der Waals surface area (Å²) >= 11 is -3.49. The van der Waals surface area contributed by atoms with Gasteiger partial charge in [-0.15, -0.1) is 0 Å². The van der Waals surface area contributed by atoms with Gasteiger partial charge in [0.25, 0.3) is 0 Å². The number of esters is 2. The molecule has 0 saturated carbocycles. The fraction of sp³-hybridized carbons (Fsp3) is 0.333. The molecule has 7 heteroatoms. The van der Waals surface area contributed by atoms with Crippen LogP contribution in [0.5, 0.6) is 5.75 Å². The third-order valence-electron chi connectivity index (χ3n) is 9.65. The predicted molar refractivity (Wildman–Crippen MR) is 210 cm³/mol. The molecular weight excluding hydrogens is 755 g/mol. The molecule has 0 aromatic heterocycles. The number of hydrogen-bond acceptors (Lipinski definition) is 6. The van der Waals surface area contributed by atoms with Crippen LogP contribution in [0.2, 0.25) is 13.3 Å². The zero-order chi connectivity index (χ0) is 36.6. The van der Waals surface area contributed by atoms with Crippen LogP contribution in [0.15, 0.2) is 130 Å². The van der Waals surface area contributed by atoms with Gasteiger partial charge in [-0.3, -0.25) is 0 Å². The minimum atomic E-state index is -3.49. The first-order valence-corrected chi connectivity index (χ1v) is 26.3. The molecule has 4 aromatic rings. The van der Waals surface area contributed by atoms with Crippen molar-refractivity contribution in [1.82, 2.24) is 0 Å². The molecule has 6 nitrogen and oxygen atoms in total. The Kier molecular flexibility index (Phi) is 15.0. The van der Waals surface area contributed by atoms with Crippen molar-refractivity contribution < 1.29 is 28.5 Å². The van der Waals surface area contributed by atoms with E-state index in [0.29, 0.717) is 23.7 Å². The second-order valence-electron chi connectivity index (χ2n) is 13.5. The summed E-state index contributed by atoms with van der Waals surface area (Å²) in [6, 6.07) is 36.8. The molecule has 0 aliphatic carbocycles. The molecule has 0 radical (unpaired) electrons. The van der Waals surface area contributed by atoms with E-state index in [0.717, 1.165) is 72.1 Å². The average molecular weight is 808 g/mol. The second-order valence-corrected chi connectivity index (χ2v) is 26.5. The van der Waals surface area contributed by atoms with E-state index in [-0.39, 0.29) is 30.5 Å². The molecule has 1 heterocycles. The summed E-state index contributed by atoms with van der Waals surface area (Å²) in [6.07, 6.45) is 6.33. The minimum absolute atomic E-state index is 0.0755. The quantitative estimate of drug-likeness (QED) is 0.0503. The van der Waals surface area contributed by atoms with E-state index >= 15 is 0 Å². The Morgan fingerprint density at radius 1 is 0.596 bits per heavy atom. The maximum atomic E-state index is 14.4. The van der Waals surface area contributed by atoms with Crippen molar-refractivity contribution in [3.8, 4) is 5.75 Å². The van der Waals surface area contributed by atoms with Crippen molar-refractivity contribution in [3.63, 3.8) is 0 Å². The number of benzene rings is 4. The van der Waals surface area contributed by atoms with E-state index in [1.54, 1.807) is 0 Å². The Hall–Kier alpha value is -4.30. The van der Waals surface area contributed by atoms with Crippen LogP contribution in [-0.2, 0) is 43.6 Å². The van der Waals surface area contributed by atoms with Gasteiger partial charge in [0, 0.05) is 0 Å². The van der Waals surface area contributed by atoms with Gasteiger partial charge < -0.3 is 0 Å². The van der Waals surface area contributed by atoms with Crippen LogP contribution in [0.1, 0.15) is 81.5 Å². The zero-order valence-electron chi connectivity index (χ0n) is 30.9. The Labute approximate surface area is 313 Å². The molecule has 1 aliphatic heterocycles. The number of ether oxygens (including phenoxy) is 4. The first-order valence-electron chi connectivity index (χ1n) is 18.8. The van der Waals surface area contributed by atoms with E-state index in [9.17, 15) is 9.59 Å². The van der Waals surface area contributed by atoms with Gasteiger partial charge in [0.1, 0.15) is 0 Å². The SMILES string of the molecule is CCC[CH2][Sn]([CH2]CCC)([CH2]CCC)[C]1=C(OCc2ccccc2)/C(=C(\C(=O)OCc2ccccc2)c2ccc(OCc3ccccc3)cc2)OC1=O. The molecular formula is C45H52O6Sn. The van der Waals surface area contributed by atoms with Crippen molar-refractivity contribution in [2.45, 2.75) is 92.4 Å². The molecule has 0 unspecified atom stereocenters. The van der Waals surface area contributed by atoms with Gasteiger partial charge in [0.05, 0.1) is 0 Å². The Morgan fingerprint density at radius 2 is 1.06 bits per heavy atom. The van der Waals surface area contributed by atoms with Gasteiger partial charge >= 0.3 is 297 Å². The fourth-order valence-corrected chi connectivity index (χ4v) is 23.2. The maximum absolute atomic E-state index is 14.4. The predicted octanol–water partition coefficient (Wildman–Crippen LogP) is 11.1. The van der Waals surface area contributed by atoms with E-state index in [4.69, 9.17) is 18.9 Å². The van der Waals surface area contributed by atoms with Crippen LogP contribution in [-0.4, -0.2) is 30.3 Å². The zero-order valence-corrected chi connectivity index (χ0v) is 33.8. The molecule has 0 atom stereocenters. The van der Waals surface area contributed by atoms with E-state index in [2.05, 4.69) is 20.8 Å². The number of rotatable bonds is 20. The number of cyclic esters (lactones) is 1. The van der Waals surface area contributed by atoms with Gasteiger partial charge in [-0.1, -0.05) is 18.2 Å². The van der Waals surface area contributed by atoms with Gasteiger partial charge in [-0.05, 0) is 0 Å². The van der Waals surface area contributed by atoms with Crippen molar-refractivity contribution >= 4 is 35.9 Å². The normalized spacial score (nSPS) is 13.9. The first-order chi connectivity index (χ1) is 25.5. The summed E-state index contributed by atoms with van der Waals surface area (Å²) in [6.45, 7) is 7.37. The summed E-state index contributed by atoms with van der Waals surface area (Å²) in [5, 5.41) is 0. The molecule has 272 valence electrons. The topological polar surface area (TPSA) is 71.1 Å². The standard InChI is InChI=1S/C33H25O6.3C4H9.Sn/c34-30-20-29(37-22-25-12-6-2-7-13-25)32(39-30)31(33(35)38-23-26-14-8-3-9-15-26)27-16-18-28(19-17-27)36-21-24-10-4-1-5-11-24;3*1-3-4-2;/h1-19H,21-23H2;3*1,3-4H2,2H3;/b32-31+;;;;. The van der Waals surface area contributed by atoms with Crippen LogP contribution in [0.4, 0.5) is 0 Å².